The third kappa shape index (κ3) is 2.47. The molecule has 2 rings (SSSR count). The average molecular weight is 259 g/mol. The molecule has 1 aliphatic rings. The number of benzene rings is 1. The molecule has 1 saturated heterocycles. The molecule has 1 aliphatic heterocycles. The van der Waals surface area contributed by atoms with Crippen LogP contribution < -0.4 is 5.46 Å². The van der Waals surface area contributed by atoms with Gasteiger partial charge in [-0.05, 0) is 58.1 Å². The lowest BCUT2D eigenvalue weighted by Gasteiger charge is -2.32. The van der Waals surface area contributed by atoms with Crippen LogP contribution in [0, 0.1) is 12.3 Å². The van der Waals surface area contributed by atoms with E-state index < -0.39 is 0 Å². The molecule has 4 heteroatoms. The highest BCUT2D eigenvalue weighted by Gasteiger charge is 2.51. The van der Waals surface area contributed by atoms with Crippen molar-refractivity contribution in [3.63, 3.8) is 0 Å². The van der Waals surface area contributed by atoms with Crippen LogP contribution in [0.1, 0.15) is 45.7 Å². The molecular formula is C15H22BNO2. The van der Waals surface area contributed by atoms with Crippen molar-refractivity contribution in [2.24, 2.45) is 0 Å². The number of nitrogens with one attached hydrogen (secondary N) is 1. The molecule has 0 unspecified atom stereocenters. The fourth-order valence-corrected chi connectivity index (χ4v) is 2.17. The molecule has 1 heterocycles. The van der Waals surface area contributed by atoms with Crippen molar-refractivity contribution in [3.8, 4) is 0 Å². The molecule has 1 aromatic carbocycles. The Bertz CT molecular complexity index is 507. The van der Waals surface area contributed by atoms with Crippen LogP contribution in [0.2, 0.25) is 0 Å². The van der Waals surface area contributed by atoms with Crippen LogP contribution in [0.25, 0.3) is 0 Å². The van der Waals surface area contributed by atoms with Crippen LogP contribution >= 0.6 is 0 Å². The molecule has 0 bridgehead atoms. The van der Waals surface area contributed by atoms with E-state index in [2.05, 4.69) is 0 Å². The van der Waals surface area contributed by atoms with Gasteiger partial charge in [-0.3, -0.25) is 0 Å². The monoisotopic (exact) mass is 259 g/mol. The van der Waals surface area contributed by atoms with Gasteiger partial charge < -0.3 is 14.7 Å². The Morgan fingerprint density at radius 3 is 2.11 bits per heavy atom. The molecule has 3 nitrogen and oxygen atoms in total. The standard InChI is InChI=1S/C15H22BNO2/c1-10-7-8-12(9-13(10)11(2)17)16-18-14(3,4)15(5,6)19-16/h7-9,17H,1-6H3. The number of aryl methyl sites for hydroxylation is 1. The number of hydrogen-bond donors (Lipinski definition) is 1. The Morgan fingerprint density at radius 2 is 1.63 bits per heavy atom. The third-order valence-corrected chi connectivity index (χ3v) is 4.19. The quantitative estimate of drug-likeness (QED) is 0.655. The van der Waals surface area contributed by atoms with Crippen molar-refractivity contribution in [2.75, 3.05) is 0 Å². The van der Waals surface area contributed by atoms with E-state index in [-0.39, 0.29) is 18.3 Å². The smallest absolute Gasteiger partial charge is 0.399 e. The lowest BCUT2D eigenvalue weighted by atomic mass is 9.77. The lowest BCUT2D eigenvalue weighted by molar-refractivity contribution is 0.00578. The van der Waals surface area contributed by atoms with Gasteiger partial charge in [0.2, 0.25) is 0 Å². The Labute approximate surface area is 116 Å². The minimum Gasteiger partial charge on any atom is -0.399 e. The predicted octanol–water partition coefficient (Wildman–Crippen LogP) is 2.68. The second kappa shape index (κ2) is 4.46. The van der Waals surface area contributed by atoms with Gasteiger partial charge in [-0.2, -0.15) is 0 Å². The van der Waals surface area contributed by atoms with E-state index in [0.29, 0.717) is 5.71 Å². The first-order chi connectivity index (χ1) is 8.64. The molecule has 0 atom stereocenters. The molecule has 19 heavy (non-hydrogen) atoms. The van der Waals surface area contributed by atoms with E-state index in [1.165, 1.54) is 0 Å². The molecule has 1 N–H and O–H groups in total. The first kappa shape index (κ1) is 14.3. The Kier molecular flexibility index (Phi) is 3.35. The van der Waals surface area contributed by atoms with Crippen LogP contribution in [0.5, 0.6) is 0 Å². The summed E-state index contributed by atoms with van der Waals surface area (Å²) in [7, 11) is -0.358. The van der Waals surface area contributed by atoms with Gasteiger partial charge in [-0.1, -0.05) is 18.2 Å². The normalized spacial score (nSPS) is 20.6. The summed E-state index contributed by atoms with van der Waals surface area (Å²) in [5, 5.41) is 7.82. The van der Waals surface area contributed by atoms with Gasteiger partial charge in [-0.25, -0.2) is 0 Å². The van der Waals surface area contributed by atoms with Crippen molar-refractivity contribution in [1.29, 1.82) is 5.41 Å². The summed E-state index contributed by atoms with van der Waals surface area (Å²) >= 11 is 0. The highest BCUT2D eigenvalue weighted by molar-refractivity contribution is 6.62. The first-order valence-corrected chi connectivity index (χ1v) is 6.66. The summed E-state index contributed by atoms with van der Waals surface area (Å²) in [5.41, 5.74) is 2.94. The molecule has 0 radical (unpaired) electrons. The summed E-state index contributed by atoms with van der Waals surface area (Å²) in [4.78, 5) is 0. The zero-order chi connectivity index (χ0) is 14.4. The molecule has 1 aromatic rings. The van der Waals surface area contributed by atoms with E-state index in [0.717, 1.165) is 16.6 Å². The van der Waals surface area contributed by atoms with Crippen LogP contribution in [0.4, 0.5) is 0 Å². The minimum atomic E-state index is -0.358. The summed E-state index contributed by atoms with van der Waals surface area (Å²) in [5.74, 6) is 0. The Balaban J connectivity index is 2.35. The van der Waals surface area contributed by atoms with Crippen molar-refractivity contribution in [1.82, 2.24) is 0 Å². The largest absolute Gasteiger partial charge is 0.494 e. The van der Waals surface area contributed by atoms with Crippen LogP contribution in [0.3, 0.4) is 0 Å². The summed E-state index contributed by atoms with van der Waals surface area (Å²) in [6, 6.07) is 6.04. The molecule has 0 aliphatic carbocycles. The molecule has 0 amide bonds. The van der Waals surface area contributed by atoms with Crippen molar-refractivity contribution < 1.29 is 9.31 Å². The Morgan fingerprint density at radius 1 is 1.11 bits per heavy atom. The fraction of sp³-hybridized carbons (Fsp3) is 0.533. The second-order valence-corrected chi connectivity index (χ2v) is 6.29. The van der Waals surface area contributed by atoms with E-state index in [9.17, 15) is 0 Å². The maximum Gasteiger partial charge on any atom is 0.494 e. The van der Waals surface area contributed by atoms with E-state index in [4.69, 9.17) is 14.7 Å². The van der Waals surface area contributed by atoms with Gasteiger partial charge in [0.1, 0.15) is 0 Å². The first-order valence-electron chi connectivity index (χ1n) is 6.66. The van der Waals surface area contributed by atoms with Gasteiger partial charge in [-0.15, -0.1) is 0 Å². The average Bonchev–Trinajstić information content (AvgIpc) is 2.48. The lowest BCUT2D eigenvalue weighted by Crippen LogP contribution is -2.41. The zero-order valence-electron chi connectivity index (χ0n) is 12.6. The summed E-state index contributed by atoms with van der Waals surface area (Å²) in [6.07, 6.45) is 0. The molecule has 0 spiro atoms. The van der Waals surface area contributed by atoms with Gasteiger partial charge >= 0.3 is 7.12 Å². The van der Waals surface area contributed by atoms with Gasteiger partial charge in [0.05, 0.1) is 11.2 Å². The number of hydrogen-bond acceptors (Lipinski definition) is 3. The second-order valence-electron chi connectivity index (χ2n) is 6.29. The SMILES string of the molecule is CC(=N)c1cc(B2OC(C)(C)C(C)(C)O2)ccc1C. The zero-order valence-corrected chi connectivity index (χ0v) is 12.6. The van der Waals surface area contributed by atoms with Crippen LogP contribution in [0.15, 0.2) is 18.2 Å². The van der Waals surface area contributed by atoms with E-state index in [1.807, 2.05) is 52.8 Å². The summed E-state index contributed by atoms with van der Waals surface area (Å²) in [6.45, 7) is 12.0. The van der Waals surface area contributed by atoms with E-state index >= 15 is 0 Å². The highest BCUT2D eigenvalue weighted by Crippen LogP contribution is 2.36. The molecule has 102 valence electrons. The van der Waals surface area contributed by atoms with Gasteiger partial charge in [0, 0.05) is 5.71 Å². The topological polar surface area (TPSA) is 42.3 Å². The molecule has 0 saturated carbocycles. The molecule has 0 aromatic heterocycles. The molecular weight excluding hydrogens is 237 g/mol. The highest BCUT2D eigenvalue weighted by atomic mass is 16.7. The van der Waals surface area contributed by atoms with E-state index in [1.54, 1.807) is 6.92 Å². The van der Waals surface area contributed by atoms with Gasteiger partial charge in [0.25, 0.3) is 0 Å². The predicted molar refractivity (Wildman–Crippen MR) is 79.4 cm³/mol. The van der Waals surface area contributed by atoms with Crippen molar-refractivity contribution >= 4 is 18.3 Å². The van der Waals surface area contributed by atoms with Crippen molar-refractivity contribution in [3.05, 3.63) is 29.3 Å². The summed E-state index contributed by atoms with van der Waals surface area (Å²) < 4.78 is 12.1. The van der Waals surface area contributed by atoms with Crippen molar-refractivity contribution in [2.45, 2.75) is 52.7 Å². The third-order valence-electron chi connectivity index (χ3n) is 4.19. The van der Waals surface area contributed by atoms with Crippen LogP contribution in [-0.4, -0.2) is 24.0 Å². The fourth-order valence-electron chi connectivity index (χ4n) is 2.17. The number of rotatable bonds is 2. The minimum absolute atomic E-state index is 0.331. The maximum atomic E-state index is 7.82. The Hall–Kier alpha value is -1.13. The molecule has 1 fully saturated rings. The van der Waals surface area contributed by atoms with Gasteiger partial charge in [0.15, 0.2) is 0 Å². The maximum absolute atomic E-state index is 7.82. The van der Waals surface area contributed by atoms with Crippen LogP contribution in [-0.2, 0) is 9.31 Å².